The van der Waals surface area contributed by atoms with Crippen molar-refractivity contribution in [3.8, 4) is 6.07 Å². The van der Waals surface area contributed by atoms with Gasteiger partial charge in [-0.25, -0.2) is 0 Å². The van der Waals surface area contributed by atoms with E-state index in [9.17, 15) is 18.0 Å². The number of nitrogens with one attached hydrogen (secondary N) is 1. The zero-order valence-corrected chi connectivity index (χ0v) is 10.1. The van der Waals surface area contributed by atoms with Gasteiger partial charge in [-0.2, -0.15) is 18.4 Å². The van der Waals surface area contributed by atoms with Gasteiger partial charge in [-0.1, -0.05) is 6.92 Å². The zero-order valence-electron chi connectivity index (χ0n) is 10.1. The molecule has 0 aliphatic rings. The highest BCUT2D eigenvalue weighted by atomic mass is 19.4. The van der Waals surface area contributed by atoms with Gasteiger partial charge in [0, 0.05) is 0 Å². The molecule has 0 fully saturated rings. The average Bonchev–Trinajstić information content (AvgIpc) is 2.34. The third-order valence-electron chi connectivity index (χ3n) is 2.55. The van der Waals surface area contributed by atoms with Crippen molar-refractivity contribution in [1.29, 1.82) is 5.26 Å². The Morgan fingerprint density at radius 2 is 2.16 bits per heavy atom. The van der Waals surface area contributed by atoms with Gasteiger partial charge in [-0.3, -0.25) is 4.79 Å². The molecular formula is C12H12F3N3O. The lowest BCUT2D eigenvalue weighted by Crippen LogP contribution is -2.35. The van der Waals surface area contributed by atoms with E-state index in [1.807, 2.05) is 0 Å². The van der Waals surface area contributed by atoms with Crippen molar-refractivity contribution in [2.24, 2.45) is 5.73 Å². The molecule has 0 spiro atoms. The second-order valence-corrected chi connectivity index (χ2v) is 3.88. The van der Waals surface area contributed by atoms with Crippen molar-refractivity contribution >= 4 is 11.6 Å². The lowest BCUT2D eigenvalue weighted by Gasteiger charge is -2.16. The molecule has 7 heteroatoms. The number of nitriles is 1. The third kappa shape index (κ3) is 3.61. The minimum absolute atomic E-state index is 0.154. The molecule has 102 valence electrons. The number of hydrogen-bond acceptors (Lipinski definition) is 3. The van der Waals surface area contributed by atoms with Crippen molar-refractivity contribution in [3.63, 3.8) is 0 Å². The van der Waals surface area contributed by atoms with Crippen LogP contribution in [0.1, 0.15) is 24.5 Å². The normalized spacial score (nSPS) is 12.6. The Labute approximate surface area is 108 Å². The lowest BCUT2D eigenvalue weighted by atomic mass is 10.1. The molecule has 19 heavy (non-hydrogen) atoms. The SMILES string of the molecule is CCC(Nc1ccc(C(F)(F)F)cc1C#N)C(N)=O. The summed E-state index contributed by atoms with van der Waals surface area (Å²) in [5, 5.41) is 11.5. The highest BCUT2D eigenvalue weighted by Gasteiger charge is 2.31. The summed E-state index contributed by atoms with van der Waals surface area (Å²) in [4.78, 5) is 11.1. The van der Waals surface area contributed by atoms with Crippen LogP contribution in [0.15, 0.2) is 18.2 Å². The first-order valence-corrected chi connectivity index (χ1v) is 5.46. The van der Waals surface area contributed by atoms with E-state index in [1.54, 1.807) is 13.0 Å². The summed E-state index contributed by atoms with van der Waals surface area (Å²) < 4.78 is 37.5. The maximum Gasteiger partial charge on any atom is 0.416 e. The fourth-order valence-electron chi connectivity index (χ4n) is 1.50. The maximum absolute atomic E-state index is 12.5. The Kier molecular flexibility index (Phi) is 4.38. The van der Waals surface area contributed by atoms with Crippen LogP contribution in [0.3, 0.4) is 0 Å². The van der Waals surface area contributed by atoms with Crippen molar-refractivity contribution in [2.45, 2.75) is 25.6 Å². The van der Waals surface area contributed by atoms with E-state index < -0.39 is 23.7 Å². The molecule has 0 radical (unpaired) electrons. The number of anilines is 1. The molecule has 1 aromatic carbocycles. The van der Waals surface area contributed by atoms with Gasteiger partial charge in [0.05, 0.1) is 16.8 Å². The molecule has 0 aliphatic heterocycles. The van der Waals surface area contributed by atoms with Crippen LogP contribution < -0.4 is 11.1 Å². The van der Waals surface area contributed by atoms with Gasteiger partial charge >= 0.3 is 6.18 Å². The second-order valence-electron chi connectivity index (χ2n) is 3.88. The van der Waals surface area contributed by atoms with E-state index in [1.165, 1.54) is 0 Å². The van der Waals surface area contributed by atoms with Gasteiger partial charge in [-0.05, 0) is 24.6 Å². The van der Waals surface area contributed by atoms with Gasteiger partial charge in [-0.15, -0.1) is 0 Å². The molecule has 1 atom stereocenters. The first kappa shape index (κ1) is 14.8. The van der Waals surface area contributed by atoms with E-state index in [-0.39, 0.29) is 11.3 Å². The molecule has 0 aromatic heterocycles. The Morgan fingerprint density at radius 1 is 1.53 bits per heavy atom. The number of rotatable bonds is 4. The number of alkyl halides is 3. The molecular weight excluding hydrogens is 259 g/mol. The summed E-state index contributed by atoms with van der Waals surface area (Å²) in [5.41, 5.74) is 4.17. The van der Waals surface area contributed by atoms with Crippen LogP contribution in [0.25, 0.3) is 0 Å². The number of benzene rings is 1. The summed E-state index contributed by atoms with van der Waals surface area (Å²) in [6.07, 6.45) is -4.15. The Hall–Kier alpha value is -2.23. The Balaban J connectivity index is 3.11. The summed E-state index contributed by atoms with van der Waals surface area (Å²) in [7, 11) is 0. The molecule has 0 aliphatic carbocycles. The number of carbonyl (C=O) groups excluding carboxylic acids is 1. The Bertz CT molecular complexity index is 520. The van der Waals surface area contributed by atoms with Crippen LogP contribution in [0.2, 0.25) is 0 Å². The van der Waals surface area contributed by atoms with Gasteiger partial charge in [0.25, 0.3) is 0 Å². The molecule has 0 saturated heterocycles. The number of carbonyl (C=O) groups is 1. The third-order valence-corrected chi connectivity index (χ3v) is 2.55. The first-order chi connectivity index (χ1) is 8.79. The largest absolute Gasteiger partial charge is 0.416 e. The van der Waals surface area contributed by atoms with Crippen molar-refractivity contribution in [3.05, 3.63) is 29.3 Å². The minimum atomic E-state index is -4.52. The molecule has 1 amide bonds. The fraction of sp³-hybridized carbons (Fsp3) is 0.333. The number of hydrogen-bond donors (Lipinski definition) is 2. The standard InChI is InChI=1S/C12H12F3N3O/c1-2-9(11(17)19)18-10-4-3-8(12(13,14)15)5-7(10)6-16/h3-5,9,18H,2H2,1H3,(H2,17,19). The van der Waals surface area contributed by atoms with Crippen molar-refractivity contribution < 1.29 is 18.0 Å². The van der Waals surface area contributed by atoms with Gasteiger partial charge in [0.15, 0.2) is 0 Å². The highest BCUT2D eigenvalue weighted by Crippen LogP contribution is 2.31. The number of amides is 1. The predicted molar refractivity (Wildman–Crippen MR) is 63.1 cm³/mol. The van der Waals surface area contributed by atoms with Crippen LogP contribution in [-0.4, -0.2) is 11.9 Å². The van der Waals surface area contributed by atoms with Crippen molar-refractivity contribution in [2.75, 3.05) is 5.32 Å². The predicted octanol–water partition coefficient (Wildman–Crippen LogP) is 2.25. The van der Waals surface area contributed by atoms with Gasteiger partial charge in [0.2, 0.25) is 5.91 Å². The Morgan fingerprint density at radius 3 is 2.58 bits per heavy atom. The molecule has 1 aromatic rings. The number of nitrogens with zero attached hydrogens (tertiary/aromatic N) is 1. The number of halogens is 3. The zero-order chi connectivity index (χ0) is 14.6. The van der Waals surface area contributed by atoms with E-state index in [2.05, 4.69) is 5.32 Å². The number of primary amides is 1. The van der Waals surface area contributed by atoms with E-state index in [0.29, 0.717) is 6.42 Å². The highest BCUT2D eigenvalue weighted by molar-refractivity contribution is 5.83. The fourth-order valence-corrected chi connectivity index (χ4v) is 1.50. The van der Waals surface area contributed by atoms with E-state index >= 15 is 0 Å². The van der Waals surface area contributed by atoms with E-state index in [4.69, 9.17) is 11.0 Å². The van der Waals surface area contributed by atoms with Gasteiger partial charge in [0.1, 0.15) is 12.1 Å². The monoisotopic (exact) mass is 271 g/mol. The topological polar surface area (TPSA) is 78.9 Å². The molecule has 4 nitrogen and oxygen atoms in total. The van der Waals surface area contributed by atoms with Crippen LogP contribution in [0, 0.1) is 11.3 Å². The molecule has 0 bridgehead atoms. The molecule has 0 saturated carbocycles. The quantitative estimate of drug-likeness (QED) is 0.881. The van der Waals surface area contributed by atoms with E-state index in [0.717, 1.165) is 18.2 Å². The first-order valence-electron chi connectivity index (χ1n) is 5.46. The van der Waals surface area contributed by atoms with Crippen LogP contribution in [-0.2, 0) is 11.0 Å². The summed E-state index contributed by atoms with van der Waals surface area (Å²) >= 11 is 0. The summed E-state index contributed by atoms with van der Waals surface area (Å²) in [5.74, 6) is -0.633. The molecule has 0 heterocycles. The lowest BCUT2D eigenvalue weighted by molar-refractivity contribution is -0.137. The van der Waals surface area contributed by atoms with Crippen LogP contribution in [0.4, 0.5) is 18.9 Å². The van der Waals surface area contributed by atoms with Crippen LogP contribution in [0.5, 0.6) is 0 Å². The van der Waals surface area contributed by atoms with Crippen molar-refractivity contribution in [1.82, 2.24) is 0 Å². The average molecular weight is 271 g/mol. The number of nitrogens with two attached hydrogens (primary N) is 1. The molecule has 1 unspecified atom stereocenters. The molecule has 1 rings (SSSR count). The summed E-state index contributed by atoms with van der Waals surface area (Å²) in [6.45, 7) is 1.69. The van der Waals surface area contributed by atoms with Gasteiger partial charge < -0.3 is 11.1 Å². The van der Waals surface area contributed by atoms with Crippen LogP contribution >= 0.6 is 0 Å². The molecule has 3 N–H and O–H groups in total. The maximum atomic E-state index is 12.5. The summed E-state index contributed by atoms with van der Waals surface area (Å²) in [6, 6.07) is 3.62. The minimum Gasteiger partial charge on any atom is -0.373 e. The second kappa shape index (κ2) is 5.61. The smallest absolute Gasteiger partial charge is 0.373 e.